The summed E-state index contributed by atoms with van der Waals surface area (Å²) >= 11 is 6.73. The first kappa shape index (κ1) is 12.8. The summed E-state index contributed by atoms with van der Waals surface area (Å²) < 4.78 is 1.57. The van der Waals surface area contributed by atoms with E-state index in [4.69, 9.17) is 0 Å². The molecule has 1 aromatic rings. The van der Waals surface area contributed by atoms with Crippen LogP contribution in [0.15, 0.2) is 21.1 Å². The SMILES string of the molecule is CCCCN1C(=O)C(=O)c2cc(Br)cc(Br)c21. The van der Waals surface area contributed by atoms with Crippen LogP contribution in [-0.2, 0) is 4.79 Å². The van der Waals surface area contributed by atoms with Gasteiger partial charge in [-0.3, -0.25) is 9.59 Å². The van der Waals surface area contributed by atoms with Gasteiger partial charge < -0.3 is 4.90 Å². The predicted molar refractivity (Wildman–Crippen MR) is 73.4 cm³/mol. The van der Waals surface area contributed by atoms with Gasteiger partial charge in [-0.05, 0) is 34.5 Å². The lowest BCUT2D eigenvalue weighted by Crippen LogP contribution is -2.30. The molecule has 0 bridgehead atoms. The number of carbonyl (C=O) groups is 2. The summed E-state index contributed by atoms with van der Waals surface area (Å²) in [6.45, 7) is 2.65. The minimum absolute atomic E-state index is 0.418. The number of anilines is 1. The first-order valence-electron chi connectivity index (χ1n) is 5.41. The molecule has 2 rings (SSSR count). The second kappa shape index (κ2) is 4.90. The Morgan fingerprint density at radius 2 is 1.94 bits per heavy atom. The van der Waals surface area contributed by atoms with E-state index in [1.807, 2.05) is 6.07 Å². The number of carbonyl (C=O) groups excluding carboxylic acids is 2. The molecule has 0 aromatic heterocycles. The molecule has 17 heavy (non-hydrogen) atoms. The molecule has 3 nitrogen and oxygen atoms in total. The van der Waals surface area contributed by atoms with Crippen molar-refractivity contribution in [1.29, 1.82) is 0 Å². The van der Waals surface area contributed by atoms with Crippen LogP contribution in [0.2, 0.25) is 0 Å². The monoisotopic (exact) mass is 359 g/mol. The Morgan fingerprint density at radius 1 is 1.24 bits per heavy atom. The fourth-order valence-corrected chi connectivity index (χ4v) is 3.32. The molecule has 0 saturated heterocycles. The van der Waals surface area contributed by atoms with E-state index in [1.165, 1.54) is 0 Å². The molecule has 1 aliphatic rings. The first-order chi connectivity index (χ1) is 8.06. The van der Waals surface area contributed by atoms with Crippen molar-refractivity contribution in [2.45, 2.75) is 19.8 Å². The van der Waals surface area contributed by atoms with Gasteiger partial charge in [0.25, 0.3) is 11.7 Å². The lowest BCUT2D eigenvalue weighted by atomic mass is 10.1. The van der Waals surface area contributed by atoms with Crippen LogP contribution in [0.5, 0.6) is 0 Å². The highest BCUT2D eigenvalue weighted by molar-refractivity contribution is 9.11. The van der Waals surface area contributed by atoms with Crippen LogP contribution in [0.1, 0.15) is 30.1 Å². The molecule has 0 atom stereocenters. The summed E-state index contributed by atoms with van der Waals surface area (Å²) in [6, 6.07) is 3.55. The van der Waals surface area contributed by atoms with Gasteiger partial charge in [-0.1, -0.05) is 29.3 Å². The average molecular weight is 361 g/mol. The Labute approximate surface area is 116 Å². The van der Waals surface area contributed by atoms with Crippen LogP contribution in [-0.4, -0.2) is 18.2 Å². The maximum atomic E-state index is 11.9. The number of fused-ring (bicyclic) bond motifs is 1. The van der Waals surface area contributed by atoms with Crippen molar-refractivity contribution in [3.8, 4) is 0 Å². The molecule has 1 amide bonds. The number of amides is 1. The highest BCUT2D eigenvalue weighted by atomic mass is 79.9. The third-order valence-corrected chi connectivity index (χ3v) is 3.78. The van der Waals surface area contributed by atoms with E-state index in [9.17, 15) is 9.59 Å². The zero-order valence-corrected chi connectivity index (χ0v) is 12.5. The van der Waals surface area contributed by atoms with E-state index in [-0.39, 0.29) is 0 Å². The zero-order valence-electron chi connectivity index (χ0n) is 9.30. The molecule has 5 heteroatoms. The van der Waals surface area contributed by atoms with Gasteiger partial charge in [0.15, 0.2) is 0 Å². The average Bonchev–Trinajstić information content (AvgIpc) is 2.51. The normalized spacial score (nSPS) is 14.4. The maximum Gasteiger partial charge on any atom is 0.299 e. The van der Waals surface area contributed by atoms with E-state index in [1.54, 1.807) is 11.0 Å². The van der Waals surface area contributed by atoms with Crippen LogP contribution in [0.3, 0.4) is 0 Å². The quantitative estimate of drug-likeness (QED) is 0.773. The number of halogens is 2. The Kier molecular flexibility index (Phi) is 3.68. The van der Waals surface area contributed by atoms with E-state index in [0.29, 0.717) is 17.8 Å². The molecule has 0 saturated carbocycles. The number of benzene rings is 1. The topological polar surface area (TPSA) is 37.4 Å². The second-order valence-electron chi connectivity index (χ2n) is 3.92. The van der Waals surface area contributed by atoms with Crippen molar-refractivity contribution < 1.29 is 9.59 Å². The lowest BCUT2D eigenvalue weighted by molar-refractivity contribution is -0.114. The van der Waals surface area contributed by atoms with Crippen molar-refractivity contribution in [2.75, 3.05) is 11.4 Å². The van der Waals surface area contributed by atoms with E-state index < -0.39 is 11.7 Å². The molecule has 0 aliphatic carbocycles. The number of ketones is 1. The van der Waals surface area contributed by atoms with Gasteiger partial charge in [0.2, 0.25) is 0 Å². The van der Waals surface area contributed by atoms with E-state index in [2.05, 4.69) is 38.8 Å². The minimum Gasteiger partial charge on any atom is -0.304 e. The van der Waals surface area contributed by atoms with Crippen molar-refractivity contribution in [3.05, 3.63) is 26.6 Å². The number of hydrogen-bond acceptors (Lipinski definition) is 2. The minimum atomic E-state index is -0.424. The third kappa shape index (κ3) is 2.18. The van der Waals surface area contributed by atoms with Gasteiger partial charge in [-0.15, -0.1) is 0 Å². The molecule has 90 valence electrons. The van der Waals surface area contributed by atoms with E-state index >= 15 is 0 Å². The lowest BCUT2D eigenvalue weighted by Gasteiger charge is -2.17. The van der Waals surface area contributed by atoms with Gasteiger partial charge in [-0.25, -0.2) is 0 Å². The van der Waals surface area contributed by atoms with Crippen molar-refractivity contribution >= 4 is 49.2 Å². The van der Waals surface area contributed by atoms with Crippen molar-refractivity contribution in [3.63, 3.8) is 0 Å². The molecule has 0 radical (unpaired) electrons. The summed E-state index contributed by atoms with van der Waals surface area (Å²) in [5.74, 6) is -0.842. The summed E-state index contributed by atoms with van der Waals surface area (Å²) in [7, 11) is 0. The molecular formula is C12H11Br2NO2. The summed E-state index contributed by atoms with van der Waals surface area (Å²) in [5.41, 5.74) is 1.18. The number of nitrogens with zero attached hydrogens (tertiary/aromatic N) is 1. The van der Waals surface area contributed by atoms with Gasteiger partial charge in [-0.2, -0.15) is 0 Å². The molecule has 1 heterocycles. The highest BCUT2D eigenvalue weighted by Gasteiger charge is 2.37. The Bertz CT molecular complexity index is 500. The molecule has 0 spiro atoms. The fraction of sp³-hybridized carbons (Fsp3) is 0.333. The van der Waals surface area contributed by atoms with Crippen molar-refractivity contribution in [1.82, 2.24) is 0 Å². The van der Waals surface area contributed by atoms with Crippen LogP contribution >= 0.6 is 31.9 Å². The standard InChI is InChI=1S/C12H11Br2NO2/c1-2-3-4-15-10-8(11(16)12(15)17)5-7(13)6-9(10)14/h5-6H,2-4H2,1H3. The number of rotatable bonds is 3. The zero-order chi connectivity index (χ0) is 12.6. The van der Waals surface area contributed by atoms with Crippen molar-refractivity contribution in [2.24, 2.45) is 0 Å². The second-order valence-corrected chi connectivity index (χ2v) is 5.69. The molecule has 0 unspecified atom stereocenters. The Morgan fingerprint density at radius 3 is 2.59 bits per heavy atom. The molecular weight excluding hydrogens is 350 g/mol. The van der Waals surface area contributed by atoms with Gasteiger partial charge in [0.1, 0.15) is 0 Å². The van der Waals surface area contributed by atoms with Gasteiger partial charge in [0, 0.05) is 15.5 Å². The number of hydrogen-bond donors (Lipinski definition) is 0. The largest absolute Gasteiger partial charge is 0.304 e. The summed E-state index contributed by atoms with van der Waals surface area (Å²) in [5, 5.41) is 0. The predicted octanol–water partition coefficient (Wildman–Crippen LogP) is 3.54. The van der Waals surface area contributed by atoms with Crippen LogP contribution < -0.4 is 4.90 Å². The molecule has 0 N–H and O–H groups in total. The molecule has 1 aliphatic heterocycles. The van der Waals surface area contributed by atoms with Gasteiger partial charge >= 0.3 is 0 Å². The van der Waals surface area contributed by atoms with Crippen LogP contribution in [0.4, 0.5) is 5.69 Å². The third-order valence-electron chi connectivity index (χ3n) is 2.72. The fourth-order valence-electron chi connectivity index (χ4n) is 1.88. The smallest absolute Gasteiger partial charge is 0.299 e. The Hall–Kier alpha value is -0.680. The summed E-state index contributed by atoms with van der Waals surface area (Å²) in [6.07, 6.45) is 1.88. The van der Waals surface area contributed by atoms with Crippen LogP contribution in [0, 0.1) is 0 Å². The first-order valence-corrected chi connectivity index (χ1v) is 7.00. The van der Waals surface area contributed by atoms with Gasteiger partial charge in [0.05, 0.1) is 11.3 Å². The highest BCUT2D eigenvalue weighted by Crippen LogP contribution is 2.38. The number of unbranched alkanes of at least 4 members (excludes halogenated alkanes) is 1. The summed E-state index contributed by atoms with van der Waals surface area (Å²) in [4.78, 5) is 25.3. The maximum absolute atomic E-state index is 11.9. The Balaban J connectivity index is 2.48. The van der Waals surface area contributed by atoms with E-state index in [0.717, 1.165) is 21.8 Å². The molecule has 1 aromatic carbocycles. The van der Waals surface area contributed by atoms with Crippen LogP contribution in [0.25, 0.3) is 0 Å². The number of Topliss-reactive ketones (excluding diaryl/α,β-unsaturated/α-hetero) is 1. The molecule has 0 fully saturated rings.